The van der Waals surface area contributed by atoms with E-state index in [-0.39, 0.29) is 0 Å². The largest absolute Gasteiger partial charge is 0.411 e. The van der Waals surface area contributed by atoms with Crippen molar-refractivity contribution in [1.29, 1.82) is 0 Å². The summed E-state index contributed by atoms with van der Waals surface area (Å²) >= 11 is 0. The third-order valence-electron chi connectivity index (χ3n) is 4.33. The molecule has 0 fully saturated rings. The first-order valence-corrected chi connectivity index (χ1v) is 7.58. The lowest BCUT2D eigenvalue weighted by Gasteiger charge is -2.34. The molecule has 2 nitrogen and oxygen atoms in total. The predicted molar refractivity (Wildman–Crippen MR) is 87.4 cm³/mol. The van der Waals surface area contributed by atoms with Crippen LogP contribution in [0.15, 0.2) is 40.1 Å². The Hall–Kier alpha value is -1.31. The molecule has 0 bridgehead atoms. The van der Waals surface area contributed by atoms with E-state index in [0.29, 0.717) is 11.1 Å². The van der Waals surface area contributed by atoms with Crippen molar-refractivity contribution >= 4 is 5.71 Å². The van der Waals surface area contributed by atoms with Gasteiger partial charge in [0.1, 0.15) is 0 Å². The third-order valence-corrected chi connectivity index (χ3v) is 4.33. The first-order valence-electron chi connectivity index (χ1n) is 7.58. The molecule has 0 radical (unpaired) electrons. The van der Waals surface area contributed by atoms with Gasteiger partial charge in [-0.15, -0.1) is 0 Å². The molecule has 1 aliphatic rings. The molecule has 112 valence electrons. The Balaban J connectivity index is 2.62. The second-order valence-corrected chi connectivity index (χ2v) is 6.61. The maximum atomic E-state index is 8.57. The predicted octanol–water partition coefficient (Wildman–Crippen LogP) is 5.65. The van der Waals surface area contributed by atoms with E-state index in [4.69, 9.17) is 5.21 Å². The molecule has 0 aliphatic heterocycles. The van der Waals surface area contributed by atoms with Gasteiger partial charge in [-0.05, 0) is 64.4 Å². The minimum absolute atomic E-state index is 0.374. The monoisotopic (exact) mass is 275 g/mol. The second-order valence-electron chi connectivity index (χ2n) is 6.61. The Bertz CT molecular complexity index is 450. The van der Waals surface area contributed by atoms with Gasteiger partial charge in [-0.3, -0.25) is 0 Å². The van der Waals surface area contributed by atoms with Crippen LogP contribution in [0.2, 0.25) is 0 Å². The highest BCUT2D eigenvalue weighted by molar-refractivity contribution is 5.92. The normalized spacial score (nSPS) is 20.9. The SMILES string of the molecule is CC(/C=C/C=C(\C)CCC1=C(C)CCCC1(C)C)=NO. The van der Waals surface area contributed by atoms with Gasteiger partial charge in [-0.25, -0.2) is 0 Å². The molecular formula is C18H29NO. The van der Waals surface area contributed by atoms with Crippen LogP contribution in [0.4, 0.5) is 0 Å². The van der Waals surface area contributed by atoms with Crippen molar-refractivity contribution in [3.8, 4) is 0 Å². The Labute approximate surface area is 124 Å². The topological polar surface area (TPSA) is 32.6 Å². The van der Waals surface area contributed by atoms with Crippen molar-refractivity contribution in [3.05, 3.63) is 34.9 Å². The van der Waals surface area contributed by atoms with Crippen molar-refractivity contribution in [1.82, 2.24) is 0 Å². The Morgan fingerprint density at radius 3 is 2.65 bits per heavy atom. The lowest BCUT2D eigenvalue weighted by atomic mass is 9.71. The molecular weight excluding hydrogens is 246 g/mol. The van der Waals surface area contributed by atoms with Crippen LogP contribution in [-0.4, -0.2) is 10.9 Å². The van der Waals surface area contributed by atoms with E-state index in [1.807, 2.05) is 12.2 Å². The number of hydrogen-bond donors (Lipinski definition) is 1. The summed E-state index contributed by atoms with van der Waals surface area (Å²) in [6.45, 7) is 11.0. The summed E-state index contributed by atoms with van der Waals surface area (Å²) in [5.74, 6) is 0. The minimum Gasteiger partial charge on any atom is -0.411 e. The Morgan fingerprint density at radius 1 is 1.35 bits per heavy atom. The van der Waals surface area contributed by atoms with Crippen LogP contribution < -0.4 is 0 Å². The van der Waals surface area contributed by atoms with Gasteiger partial charge < -0.3 is 5.21 Å². The van der Waals surface area contributed by atoms with Crippen LogP contribution in [-0.2, 0) is 0 Å². The maximum absolute atomic E-state index is 8.57. The molecule has 1 rings (SSSR count). The first-order chi connectivity index (χ1) is 9.36. The van der Waals surface area contributed by atoms with E-state index in [1.165, 1.54) is 31.3 Å². The fourth-order valence-corrected chi connectivity index (χ4v) is 3.02. The van der Waals surface area contributed by atoms with Crippen LogP contribution in [0.5, 0.6) is 0 Å². The summed E-state index contributed by atoms with van der Waals surface area (Å²) in [6, 6.07) is 0. The van der Waals surface area contributed by atoms with E-state index in [9.17, 15) is 0 Å². The van der Waals surface area contributed by atoms with Crippen molar-refractivity contribution in [2.75, 3.05) is 0 Å². The molecule has 0 aromatic rings. The zero-order chi connectivity index (χ0) is 15.2. The number of nitrogens with zero attached hydrogens (tertiary/aromatic N) is 1. The quantitative estimate of drug-likeness (QED) is 0.227. The van der Waals surface area contributed by atoms with Gasteiger partial charge in [0, 0.05) is 0 Å². The minimum atomic E-state index is 0.374. The first kappa shape index (κ1) is 16.7. The molecule has 1 aliphatic carbocycles. The summed E-state index contributed by atoms with van der Waals surface area (Å²) in [7, 11) is 0. The molecule has 0 aromatic carbocycles. The fraction of sp³-hybridized carbons (Fsp3) is 0.611. The van der Waals surface area contributed by atoms with E-state index in [0.717, 1.165) is 6.42 Å². The number of allylic oxidation sites excluding steroid dienone is 6. The van der Waals surface area contributed by atoms with E-state index < -0.39 is 0 Å². The zero-order valence-corrected chi connectivity index (χ0v) is 13.7. The molecule has 1 N–H and O–H groups in total. The molecule has 0 heterocycles. The average Bonchev–Trinajstić information content (AvgIpc) is 2.37. The summed E-state index contributed by atoms with van der Waals surface area (Å²) in [5, 5.41) is 11.7. The van der Waals surface area contributed by atoms with Crippen molar-refractivity contribution in [3.63, 3.8) is 0 Å². The van der Waals surface area contributed by atoms with Gasteiger partial charge in [0.05, 0.1) is 5.71 Å². The molecule has 20 heavy (non-hydrogen) atoms. The van der Waals surface area contributed by atoms with E-state index in [1.54, 1.807) is 18.1 Å². The van der Waals surface area contributed by atoms with Crippen LogP contribution in [0.3, 0.4) is 0 Å². The van der Waals surface area contributed by atoms with Gasteiger partial charge in [0.25, 0.3) is 0 Å². The number of oxime groups is 1. The fourth-order valence-electron chi connectivity index (χ4n) is 3.02. The Kier molecular flexibility index (Phi) is 6.25. The summed E-state index contributed by atoms with van der Waals surface area (Å²) < 4.78 is 0. The molecule has 0 amide bonds. The van der Waals surface area contributed by atoms with Crippen molar-refractivity contribution < 1.29 is 5.21 Å². The lowest BCUT2D eigenvalue weighted by molar-refractivity contribution is 0.319. The molecule has 0 saturated heterocycles. The average molecular weight is 275 g/mol. The standard InChI is InChI=1S/C18H29NO/c1-14(8-6-10-16(3)19-20)11-12-17-15(2)9-7-13-18(17,4)5/h6,8,10,20H,7,9,11-13H2,1-5H3/b10-6+,14-8+,19-16?. The molecule has 0 aromatic heterocycles. The smallest absolute Gasteiger partial charge is 0.0764 e. The van der Waals surface area contributed by atoms with Crippen molar-refractivity contribution in [2.24, 2.45) is 10.6 Å². The molecule has 0 spiro atoms. The summed E-state index contributed by atoms with van der Waals surface area (Å²) in [6.07, 6.45) is 12.1. The number of rotatable bonds is 5. The molecule has 0 atom stereocenters. The van der Waals surface area contributed by atoms with Crippen LogP contribution in [0.1, 0.15) is 66.7 Å². The van der Waals surface area contributed by atoms with Gasteiger partial charge in [0.2, 0.25) is 0 Å². The highest BCUT2D eigenvalue weighted by Gasteiger charge is 2.27. The molecule has 0 saturated carbocycles. The third kappa shape index (κ3) is 4.99. The van der Waals surface area contributed by atoms with Crippen LogP contribution in [0, 0.1) is 5.41 Å². The second kappa shape index (κ2) is 7.47. The van der Waals surface area contributed by atoms with E-state index in [2.05, 4.69) is 38.9 Å². The highest BCUT2D eigenvalue weighted by atomic mass is 16.4. The number of hydrogen-bond acceptors (Lipinski definition) is 2. The van der Waals surface area contributed by atoms with Crippen LogP contribution in [0.25, 0.3) is 0 Å². The van der Waals surface area contributed by atoms with Crippen molar-refractivity contribution in [2.45, 2.75) is 66.7 Å². The highest BCUT2D eigenvalue weighted by Crippen LogP contribution is 2.42. The van der Waals surface area contributed by atoms with Gasteiger partial charge in [-0.2, -0.15) is 0 Å². The van der Waals surface area contributed by atoms with Gasteiger partial charge in [0.15, 0.2) is 0 Å². The zero-order valence-electron chi connectivity index (χ0n) is 13.7. The van der Waals surface area contributed by atoms with Crippen LogP contribution >= 0.6 is 0 Å². The molecule has 0 unspecified atom stereocenters. The van der Waals surface area contributed by atoms with E-state index >= 15 is 0 Å². The summed E-state index contributed by atoms with van der Waals surface area (Å²) in [5.41, 5.74) is 5.63. The van der Waals surface area contributed by atoms with Gasteiger partial charge in [-0.1, -0.05) is 47.9 Å². The summed E-state index contributed by atoms with van der Waals surface area (Å²) in [4.78, 5) is 0. The Morgan fingerprint density at radius 2 is 2.05 bits per heavy atom. The lowest BCUT2D eigenvalue weighted by Crippen LogP contribution is -2.20. The maximum Gasteiger partial charge on any atom is 0.0764 e. The molecule has 2 heteroatoms. The van der Waals surface area contributed by atoms with Gasteiger partial charge >= 0.3 is 0 Å².